The van der Waals surface area contributed by atoms with E-state index in [4.69, 9.17) is 0 Å². The van der Waals surface area contributed by atoms with E-state index in [1.54, 1.807) is 6.20 Å². The van der Waals surface area contributed by atoms with Crippen LogP contribution < -0.4 is 0 Å². The molecule has 1 amide bonds. The number of hydrogen-bond acceptors (Lipinski definition) is 3. The molecule has 2 heterocycles. The number of rotatable bonds is 4. The smallest absolute Gasteiger partial charge is 0.253 e. The second kappa shape index (κ2) is 8.62. The van der Waals surface area contributed by atoms with Gasteiger partial charge in [-0.3, -0.25) is 9.69 Å². The summed E-state index contributed by atoms with van der Waals surface area (Å²) in [5.74, 6) is 0.117. The Morgan fingerprint density at radius 1 is 0.897 bits per heavy atom. The summed E-state index contributed by atoms with van der Waals surface area (Å²) in [6.07, 6.45) is 2.79. The molecule has 0 unspecified atom stereocenters. The monoisotopic (exact) mass is 388 g/mol. The van der Waals surface area contributed by atoms with E-state index in [1.165, 1.54) is 11.1 Å². The first-order chi connectivity index (χ1) is 14.1. The maximum atomic E-state index is 13.0. The molecule has 5 nitrogen and oxygen atoms in total. The Hall–Kier alpha value is -2.92. The summed E-state index contributed by atoms with van der Waals surface area (Å²) in [6, 6.07) is 18.5. The van der Waals surface area contributed by atoms with Crippen LogP contribution in [0.25, 0.3) is 5.69 Å². The highest BCUT2D eigenvalue weighted by atomic mass is 16.2. The number of aryl methyl sites for hydroxylation is 2. The van der Waals surface area contributed by atoms with Crippen LogP contribution in [0.2, 0.25) is 0 Å². The summed E-state index contributed by atoms with van der Waals surface area (Å²) in [5, 5.41) is 4.33. The number of carbonyl (C=O) groups is 1. The van der Waals surface area contributed by atoms with Gasteiger partial charge in [0.15, 0.2) is 0 Å². The van der Waals surface area contributed by atoms with Crippen LogP contribution in [0.15, 0.2) is 60.8 Å². The number of nitrogens with zero attached hydrogens (tertiary/aromatic N) is 4. The summed E-state index contributed by atoms with van der Waals surface area (Å²) >= 11 is 0. The van der Waals surface area contributed by atoms with E-state index in [0.717, 1.165) is 56.1 Å². The molecular weight excluding hydrogens is 360 g/mol. The van der Waals surface area contributed by atoms with Crippen molar-refractivity contribution in [1.29, 1.82) is 0 Å². The summed E-state index contributed by atoms with van der Waals surface area (Å²) < 4.78 is 1.88. The van der Waals surface area contributed by atoms with Crippen LogP contribution in [-0.2, 0) is 6.54 Å². The Morgan fingerprint density at radius 2 is 1.66 bits per heavy atom. The second-order valence-corrected chi connectivity index (χ2v) is 7.84. The number of hydrogen-bond donors (Lipinski definition) is 0. The maximum Gasteiger partial charge on any atom is 0.253 e. The van der Waals surface area contributed by atoms with Crippen molar-refractivity contribution in [3.63, 3.8) is 0 Å². The van der Waals surface area contributed by atoms with Gasteiger partial charge in [-0.15, -0.1) is 0 Å². The summed E-state index contributed by atoms with van der Waals surface area (Å²) in [6.45, 7) is 8.58. The highest BCUT2D eigenvalue weighted by molar-refractivity contribution is 5.94. The van der Waals surface area contributed by atoms with Crippen LogP contribution in [0.4, 0.5) is 0 Å². The average Bonchev–Trinajstić information content (AvgIpc) is 3.03. The molecule has 1 aromatic heterocycles. The van der Waals surface area contributed by atoms with Gasteiger partial charge in [0.25, 0.3) is 5.91 Å². The van der Waals surface area contributed by atoms with E-state index in [-0.39, 0.29) is 5.91 Å². The molecule has 2 aromatic carbocycles. The Balaban J connectivity index is 1.38. The van der Waals surface area contributed by atoms with Gasteiger partial charge in [-0.05, 0) is 56.2 Å². The fourth-order valence-corrected chi connectivity index (χ4v) is 3.85. The molecule has 0 radical (unpaired) electrons. The molecule has 1 aliphatic rings. The van der Waals surface area contributed by atoms with E-state index in [2.05, 4.69) is 41.2 Å². The fraction of sp³-hybridized carbons (Fsp3) is 0.333. The van der Waals surface area contributed by atoms with Crippen LogP contribution in [0.3, 0.4) is 0 Å². The molecule has 150 valence electrons. The fourth-order valence-electron chi connectivity index (χ4n) is 3.85. The number of benzene rings is 2. The summed E-state index contributed by atoms with van der Waals surface area (Å²) in [7, 11) is 0. The predicted octanol–water partition coefficient (Wildman–Crippen LogP) is 3.84. The third-order valence-electron chi connectivity index (χ3n) is 5.59. The minimum absolute atomic E-state index is 0.117. The summed E-state index contributed by atoms with van der Waals surface area (Å²) in [4.78, 5) is 17.4. The molecule has 0 aliphatic carbocycles. The molecule has 0 N–H and O–H groups in total. The maximum absolute atomic E-state index is 13.0. The predicted molar refractivity (Wildman–Crippen MR) is 115 cm³/mol. The molecule has 0 saturated carbocycles. The number of carbonyl (C=O) groups excluding carboxylic acids is 1. The Bertz CT molecular complexity index is 959. The third kappa shape index (κ3) is 4.57. The van der Waals surface area contributed by atoms with Gasteiger partial charge in [0, 0.05) is 50.2 Å². The van der Waals surface area contributed by atoms with E-state index in [0.29, 0.717) is 0 Å². The van der Waals surface area contributed by atoms with Crippen LogP contribution in [0, 0.1) is 13.8 Å². The van der Waals surface area contributed by atoms with Crippen LogP contribution >= 0.6 is 0 Å². The molecule has 1 saturated heterocycles. The Morgan fingerprint density at radius 3 is 2.34 bits per heavy atom. The van der Waals surface area contributed by atoms with Gasteiger partial charge in [-0.2, -0.15) is 5.10 Å². The molecule has 1 aliphatic heterocycles. The van der Waals surface area contributed by atoms with Crippen molar-refractivity contribution < 1.29 is 4.79 Å². The van der Waals surface area contributed by atoms with Crippen molar-refractivity contribution in [1.82, 2.24) is 19.6 Å². The van der Waals surface area contributed by atoms with E-state index in [9.17, 15) is 4.79 Å². The first kappa shape index (κ1) is 19.4. The van der Waals surface area contributed by atoms with Crippen LogP contribution in [0.5, 0.6) is 0 Å². The average molecular weight is 389 g/mol. The standard InChI is InChI=1S/C24H28N4O/c1-19-4-6-21(7-5-19)18-26-14-3-15-27(17-16-26)24(29)22-8-10-23(11-9-22)28-20(2)12-13-25-28/h4-13H,3,14-18H2,1-2H3. The number of aromatic nitrogens is 2. The van der Waals surface area contributed by atoms with Crippen molar-refractivity contribution in [2.45, 2.75) is 26.8 Å². The van der Waals surface area contributed by atoms with Crippen LogP contribution in [-0.4, -0.2) is 51.7 Å². The molecule has 29 heavy (non-hydrogen) atoms. The number of amides is 1. The van der Waals surface area contributed by atoms with Gasteiger partial charge < -0.3 is 4.90 Å². The first-order valence-corrected chi connectivity index (χ1v) is 10.3. The molecule has 4 rings (SSSR count). The lowest BCUT2D eigenvalue weighted by Crippen LogP contribution is -2.35. The van der Waals surface area contributed by atoms with Crippen molar-refractivity contribution in [3.05, 3.63) is 83.2 Å². The normalized spacial score (nSPS) is 15.3. The highest BCUT2D eigenvalue weighted by Gasteiger charge is 2.20. The van der Waals surface area contributed by atoms with E-state index < -0.39 is 0 Å². The second-order valence-electron chi connectivity index (χ2n) is 7.84. The van der Waals surface area contributed by atoms with Crippen molar-refractivity contribution in [2.75, 3.05) is 26.2 Å². The molecule has 0 bridgehead atoms. The lowest BCUT2D eigenvalue weighted by Gasteiger charge is -2.22. The SMILES string of the molecule is Cc1ccc(CN2CCCN(C(=O)c3ccc(-n4nccc4C)cc3)CC2)cc1. The van der Waals surface area contributed by atoms with Gasteiger partial charge in [0.05, 0.1) is 5.69 Å². The highest BCUT2D eigenvalue weighted by Crippen LogP contribution is 2.15. The Kier molecular flexibility index (Phi) is 5.76. The van der Waals surface area contributed by atoms with Crippen molar-refractivity contribution in [3.8, 4) is 5.69 Å². The summed E-state index contributed by atoms with van der Waals surface area (Å²) in [5.41, 5.74) is 5.41. The lowest BCUT2D eigenvalue weighted by molar-refractivity contribution is 0.0761. The molecule has 0 atom stereocenters. The van der Waals surface area contributed by atoms with Gasteiger partial charge in [-0.25, -0.2) is 4.68 Å². The molecule has 0 spiro atoms. The zero-order valence-electron chi connectivity index (χ0n) is 17.2. The molecule has 3 aromatic rings. The Labute approximate surface area is 172 Å². The topological polar surface area (TPSA) is 41.4 Å². The minimum atomic E-state index is 0.117. The lowest BCUT2D eigenvalue weighted by atomic mass is 10.1. The quantitative estimate of drug-likeness (QED) is 0.682. The third-order valence-corrected chi connectivity index (χ3v) is 5.59. The van der Waals surface area contributed by atoms with Crippen molar-refractivity contribution >= 4 is 5.91 Å². The molecular formula is C24H28N4O. The van der Waals surface area contributed by atoms with Gasteiger partial charge in [-0.1, -0.05) is 29.8 Å². The molecule has 1 fully saturated rings. The van der Waals surface area contributed by atoms with Gasteiger partial charge >= 0.3 is 0 Å². The minimum Gasteiger partial charge on any atom is -0.337 e. The van der Waals surface area contributed by atoms with Gasteiger partial charge in [0.1, 0.15) is 0 Å². The first-order valence-electron chi connectivity index (χ1n) is 10.3. The zero-order valence-corrected chi connectivity index (χ0v) is 17.2. The van der Waals surface area contributed by atoms with E-state index in [1.807, 2.05) is 46.8 Å². The van der Waals surface area contributed by atoms with Gasteiger partial charge in [0.2, 0.25) is 0 Å². The largest absolute Gasteiger partial charge is 0.337 e. The van der Waals surface area contributed by atoms with E-state index >= 15 is 0 Å². The molecule has 5 heteroatoms. The zero-order chi connectivity index (χ0) is 20.2. The van der Waals surface area contributed by atoms with Crippen LogP contribution in [0.1, 0.15) is 33.6 Å². The van der Waals surface area contributed by atoms with Crippen molar-refractivity contribution in [2.24, 2.45) is 0 Å².